The Morgan fingerprint density at radius 1 is 0.593 bits per heavy atom. The van der Waals surface area contributed by atoms with Crippen LogP contribution in [0.15, 0.2) is 0 Å². The van der Waals surface area contributed by atoms with Gasteiger partial charge in [-0.2, -0.15) is 65.9 Å². The average Bonchev–Trinajstić information content (AvgIpc) is 2.42. The van der Waals surface area contributed by atoms with Crippen molar-refractivity contribution in [1.29, 1.82) is 0 Å². The third-order valence-electron chi connectivity index (χ3n) is 2.57. The molecular weight excluding hydrogens is 441 g/mol. The highest BCUT2D eigenvalue weighted by molar-refractivity contribution is 5.78. The van der Waals surface area contributed by atoms with Crippen molar-refractivity contribution in [2.24, 2.45) is 0 Å². The summed E-state index contributed by atoms with van der Waals surface area (Å²) in [6.45, 7) is 0. The zero-order valence-corrected chi connectivity index (χ0v) is 11.9. The molecule has 0 aromatic carbocycles. The summed E-state index contributed by atoms with van der Waals surface area (Å²) in [4.78, 5) is 10.3. The molecule has 0 atom stereocenters. The van der Waals surface area contributed by atoms with Crippen molar-refractivity contribution in [2.75, 3.05) is 7.11 Å². The molecule has 0 spiro atoms. The summed E-state index contributed by atoms with van der Waals surface area (Å²) in [6.07, 6.45) is -22.5. The van der Waals surface area contributed by atoms with Crippen molar-refractivity contribution in [1.82, 2.24) is 0 Å². The van der Waals surface area contributed by atoms with Crippen LogP contribution in [0, 0.1) is 0 Å². The summed E-state index contributed by atoms with van der Waals surface area (Å²) in [5.41, 5.74) is 0. The first-order valence-electron chi connectivity index (χ1n) is 5.56. The Morgan fingerprint density at radius 2 is 0.963 bits per heavy atom. The summed E-state index contributed by atoms with van der Waals surface area (Å²) < 4.78 is 193. The largest absolute Gasteiger partial charge is 0.464 e. The van der Waals surface area contributed by atoms with Gasteiger partial charge in [-0.1, -0.05) is 0 Å². The number of carbonyl (C=O) groups is 1. The van der Waals surface area contributed by atoms with Crippen LogP contribution in [-0.2, 0) is 14.3 Å². The first-order chi connectivity index (χ1) is 11.4. The first-order valence-corrected chi connectivity index (χ1v) is 5.56. The lowest BCUT2D eigenvalue weighted by Crippen LogP contribution is -2.68. The van der Waals surface area contributed by atoms with E-state index in [1.54, 1.807) is 0 Å². The predicted molar refractivity (Wildman–Crippen MR) is 48.8 cm³/mol. The Labute approximate surface area is 137 Å². The van der Waals surface area contributed by atoms with Crippen molar-refractivity contribution < 1.29 is 80.1 Å². The second-order valence-electron chi connectivity index (χ2n) is 4.42. The molecular formula is C9H3F15O3. The molecule has 0 amide bonds. The number of halogens is 15. The lowest BCUT2D eigenvalue weighted by Gasteiger charge is -2.38. The normalized spacial score (nSPS) is 15.7. The van der Waals surface area contributed by atoms with Crippen LogP contribution < -0.4 is 0 Å². The van der Waals surface area contributed by atoms with Crippen LogP contribution in [0.1, 0.15) is 0 Å². The van der Waals surface area contributed by atoms with Crippen molar-refractivity contribution in [3.05, 3.63) is 0 Å². The highest BCUT2D eigenvalue weighted by Crippen LogP contribution is 2.58. The molecule has 0 aliphatic carbocycles. The summed E-state index contributed by atoms with van der Waals surface area (Å²) in [5.74, 6) is -34.2. The van der Waals surface area contributed by atoms with E-state index < -0.39 is 48.1 Å². The van der Waals surface area contributed by atoms with Gasteiger partial charge in [-0.05, 0) is 0 Å². The highest BCUT2D eigenvalue weighted by atomic mass is 19.4. The van der Waals surface area contributed by atoms with E-state index in [1.807, 2.05) is 0 Å². The molecule has 0 rings (SSSR count). The maximum Gasteiger partial charge on any atom is 0.460 e. The van der Waals surface area contributed by atoms with Crippen LogP contribution in [0.25, 0.3) is 0 Å². The molecule has 3 nitrogen and oxygen atoms in total. The van der Waals surface area contributed by atoms with Gasteiger partial charge in [-0.25, -0.2) is 9.53 Å². The van der Waals surface area contributed by atoms with Gasteiger partial charge >= 0.3 is 48.1 Å². The molecule has 0 unspecified atom stereocenters. The van der Waals surface area contributed by atoms with Gasteiger partial charge in [0, 0.05) is 0 Å². The van der Waals surface area contributed by atoms with Crippen LogP contribution in [0.2, 0.25) is 0 Å². The van der Waals surface area contributed by atoms with E-state index in [0.29, 0.717) is 0 Å². The molecule has 0 bridgehead atoms. The van der Waals surface area contributed by atoms with Gasteiger partial charge in [-0.15, -0.1) is 0 Å². The van der Waals surface area contributed by atoms with Crippen molar-refractivity contribution >= 4 is 5.97 Å². The molecule has 0 heterocycles. The Balaban J connectivity index is 6.18. The Morgan fingerprint density at radius 3 is 1.26 bits per heavy atom. The number of ether oxygens (including phenoxy) is 2. The average molecular weight is 444 g/mol. The van der Waals surface area contributed by atoms with Gasteiger partial charge in [0.1, 0.15) is 0 Å². The Hall–Kier alpha value is -1.62. The summed E-state index contributed by atoms with van der Waals surface area (Å²) in [6, 6.07) is 0. The molecule has 0 saturated heterocycles. The van der Waals surface area contributed by atoms with Gasteiger partial charge in [0.15, 0.2) is 0 Å². The Kier molecular flexibility index (Phi) is 6.08. The molecule has 0 N–H and O–H groups in total. The quantitative estimate of drug-likeness (QED) is 0.430. The lowest BCUT2D eigenvalue weighted by atomic mass is 10.0. The Bertz CT molecular complexity index is 563. The maximum atomic E-state index is 12.9. The van der Waals surface area contributed by atoms with Crippen LogP contribution >= 0.6 is 0 Å². The molecule has 0 aromatic rings. The highest BCUT2D eigenvalue weighted by Gasteiger charge is 2.89. The molecule has 18 heteroatoms. The zero-order valence-electron chi connectivity index (χ0n) is 11.9. The van der Waals surface area contributed by atoms with Gasteiger partial charge in [0.2, 0.25) is 0 Å². The number of carbonyl (C=O) groups excluding carboxylic acids is 1. The molecule has 0 aliphatic heterocycles. The number of esters is 1. The summed E-state index contributed by atoms with van der Waals surface area (Å²) in [5, 5.41) is 0. The van der Waals surface area contributed by atoms with Crippen molar-refractivity contribution in [3.63, 3.8) is 0 Å². The van der Waals surface area contributed by atoms with Gasteiger partial charge in [-0.3, -0.25) is 0 Å². The van der Waals surface area contributed by atoms with Crippen molar-refractivity contribution in [3.8, 4) is 0 Å². The fraction of sp³-hybridized carbons (Fsp3) is 0.889. The topological polar surface area (TPSA) is 35.5 Å². The van der Waals surface area contributed by atoms with E-state index in [-0.39, 0.29) is 7.11 Å². The molecule has 0 aliphatic rings. The SMILES string of the molecule is COC(=O)C(F)(F)C(F)(F)OC(F)(F)C(F)(F)C(F)(F)C(F)(F)C(F)(F)F. The third kappa shape index (κ3) is 3.71. The smallest absolute Gasteiger partial charge is 0.460 e. The fourth-order valence-corrected chi connectivity index (χ4v) is 1.09. The summed E-state index contributed by atoms with van der Waals surface area (Å²) >= 11 is 0. The molecule has 0 fully saturated rings. The molecule has 0 aromatic heterocycles. The minimum atomic E-state index is -8.17. The fourth-order valence-electron chi connectivity index (χ4n) is 1.09. The standard InChI is InChI=1S/C9H3F15O3/c1-26-2(25)3(10,11)8(21,22)27-9(23,24)6(16,17)4(12,13)5(14,15)7(18,19)20/h1H3. The van der Waals surface area contributed by atoms with Crippen LogP contribution in [-0.4, -0.2) is 55.2 Å². The van der Waals surface area contributed by atoms with Gasteiger partial charge in [0.05, 0.1) is 7.11 Å². The molecule has 0 saturated carbocycles. The van der Waals surface area contributed by atoms with Crippen LogP contribution in [0.4, 0.5) is 65.9 Å². The number of methoxy groups -OCH3 is 1. The third-order valence-corrected chi connectivity index (χ3v) is 2.57. The van der Waals surface area contributed by atoms with Crippen molar-refractivity contribution in [2.45, 2.75) is 42.1 Å². The molecule has 162 valence electrons. The second-order valence-corrected chi connectivity index (χ2v) is 4.42. The molecule has 27 heavy (non-hydrogen) atoms. The maximum absolute atomic E-state index is 12.9. The van der Waals surface area contributed by atoms with E-state index in [4.69, 9.17) is 0 Å². The number of hydrogen-bond acceptors (Lipinski definition) is 3. The van der Waals surface area contributed by atoms with E-state index >= 15 is 0 Å². The van der Waals surface area contributed by atoms with E-state index in [0.717, 1.165) is 0 Å². The summed E-state index contributed by atoms with van der Waals surface area (Å²) in [7, 11) is -0.0584. The van der Waals surface area contributed by atoms with Crippen LogP contribution in [0.5, 0.6) is 0 Å². The van der Waals surface area contributed by atoms with Gasteiger partial charge < -0.3 is 4.74 Å². The first kappa shape index (κ1) is 25.4. The lowest BCUT2D eigenvalue weighted by molar-refractivity contribution is -0.502. The number of alkyl halides is 15. The van der Waals surface area contributed by atoms with E-state index in [2.05, 4.69) is 4.74 Å². The van der Waals surface area contributed by atoms with Gasteiger partial charge in [0.25, 0.3) is 0 Å². The van der Waals surface area contributed by atoms with E-state index in [1.165, 1.54) is 4.74 Å². The zero-order chi connectivity index (χ0) is 22.5. The molecule has 0 radical (unpaired) electrons. The minimum Gasteiger partial charge on any atom is -0.464 e. The van der Waals surface area contributed by atoms with E-state index in [9.17, 15) is 70.7 Å². The number of hydrogen-bond donors (Lipinski definition) is 0. The predicted octanol–water partition coefficient (Wildman–Crippen LogP) is 4.47. The number of rotatable bonds is 7. The second kappa shape index (κ2) is 6.47. The monoisotopic (exact) mass is 444 g/mol. The minimum absolute atomic E-state index is 0.0584. The van der Waals surface area contributed by atoms with Crippen LogP contribution in [0.3, 0.4) is 0 Å².